The molecule has 3 aromatic rings. The number of carbonyl (C=O) groups is 2. The van der Waals surface area contributed by atoms with Crippen molar-refractivity contribution in [3.8, 4) is 5.75 Å². The fourth-order valence-electron chi connectivity index (χ4n) is 4.85. The van der Waals surface area contributed by atoms with E-state index >= 15 is 0 Å². The van der Waals surface area contributed by atoms with Gasteiger partial charge in [-0.1, -0.05) is 48.9 Å². The topological polar surface area (TPSA) is 116 Å². The van der Waals surface area contributed by atoms with Crippen molar-refractivity contribution >= 4 is 39.1 Å². The Hall–Kier alpha value is -3.44. The van der Waals surface area contributed by atoms with Gasteiger partial charge >= 0.3 is 0 Å². The smallest absolute Gasteiger partial charge is 0.242 e. The van der Waals surface area contributed by atoms with E-state index in [1.54, 1.807) is 30.0 Å². The molecule has 1 heterocycles. The number of rotatable bonds is 9. The quantitative estimate of drug-likeness (QED) is 0.377. The molecule has 0 spiro atoms. The van der Waals surface area contributed by atoms with E-state index in [9.17, 15) is 23.1 Å². The molecule has 1 aliphatic rings. The highest BCUT2D eigenvalue weighted by Crippen LogP contribution is 2.30. The van der Waals surface area contributed by atoms with Crippen LogP contribution in [0.2, 0.25) is 5.02 Å². The number of ether oxygens (including phenoxy) is 1. The molecule has 0 saturated heterocycles. The number of anilines is 1. The third-order valence-electron chi connectivity index (χ3n) is 7.37. The van der Waals surface area contributed by atoms with Gasteiger partial charge in [0.05, 0.1) is 36.9 Å². The lowest BCUT2D eigenvalue weighted by Crippen LogP contribution is -2.48. The highest BCUT2D eigenvalue weighted by molar-refractivity contribution is 7.89. The number of nitrogens with zero attached hydrogens (tertiary/aromatic N) is 2. The van der Waals surface area contributed by atoms with Crippen molar-refractivity contribution in [3.63, 3.8) is 0 Å². The molecule has 0 radical (unpaired) electrons. The summed E-state index contributed by atoms with van der Waals surface area (Å²) in [6, 6.07) is 20.0. The molecule has 2 amide bonds. The first kappa shape index (κ1) is 31.5. The standard InChI is InChI=1S/C31H36ClN3O6S/c1-21-18-35(22(2)20-36)31(38)17-24-16-26(33-30(37)15-23-7-5-4-6-8-23)11-14-28(24)41-29(21)19-34(3)42(39,40)27-12-9-25(32)10-13-27/h4-14,16,21-22,29,36H,15,17-20H2,1-3H3,(H,33,37)/t21-,22-,29-/m0/s1. The minimum Gasteiger partial charge on any atom is -0.488 e. The summed E-state index contributed by atoms with van der Waals surface area (Å²) in [4.78, 5) is 27.9. The highest BCUT2D eigenvalue weighted by atomic mass is 35.5. The van der Waals surface area contributed by atoms with Gasteiger partial charge < -0.3 is 20.1 Å². The maximum atomic E-state index is 13.5. The largest absolute Gasteiger partial charge is 0.488 e. The molecule has 11 heteroatoms. The molecule has 0 aromatic heterocycles. The molecule has 3 atom stereocenters. The van der Waals surface area contributed by atoms with Crippen LogP contribution in [0.25, 0.3) is 0 Å². The molecule has 0 fully saturated rings. The molecule has 1 aliphatic heterocycles. The summed E-state index contributed by atoms with van der Waals surface area (Å²) in [7, 11) is -2.37. The van der Waals surface area contributed by atoms with E-state index in [1.165, 1.54) is 35.6 Å². The maximum absolute atomic E-state index is 13.5. The van der Waals surface area contributed by atoms with Gasteiger partial charge in [0.15, 0.2) is 0 Å². The molecule has 0 unspecified atom stereocenters. The molecule has 2 N–H and O–H groups in total. The number of likely N-dealkylation sites (N-methyl/N-ethyl adjacent to an activating group) is 1. The molecule has 224 valence electrons. The number of sulfonamides is 1. The minimum atomic E-state index is -3.85. The maximum Gasteiger partial charge on any atom is 0.242 e. The van der Waals surface area contributed by atoms with Gasteiger partial charge in [-0.2, -0.15) is 4.31 Å². The normalized spacial score (nSPS) is 18.3. The number of carbonyl (C=O) groups excluding carboxylic acids is 2. The van der Waals surface area contributed by atoms with Crippen LogP contribution in [0.1, 0.15) is 25.0 Å². The van der Waals surface area contributed by atoms with Gasteiger partial charge in [-0.25, -0.2) is 8.42 Å². The number of benzene rings is 3. The first-order chi connectivity index (χ1) is 20.0. The van der Waals surface area contributed by atoms with Crippen molar-refractivity contribution in [1.82, 2.24) is 9.21 Å². The highest BCUT2D eigenvalue weighted by Gasteiger charge is 2.33. The zero-order valence-corrected chi connectivity index (χ0v) is 25.4. The van der Waals surface area contributed by atoms with Crippen LogP contribution in [0.4, 0.5) is 5.69 Å². The monoisotopic (exact) mass is 613 g/mol. The Bertz CT molecular complexity index is 1500. The lowest BCUT2D eigenvalue weighted by molar-refractivity contribution is -0.134. The van der Waals surface area contributed by atoms with Gasteiger partial charge in [-0.15, -0.1) is 0 Å². The molecule has 0 bridgehead atoms. The fraction of sp³-hybridized carbons (Fsp3) is 0.355. The second kappa shape index (κ2) is 13.7. The van der Waals surface area contributed by atoms with E-state index in [1.807, 2.05) is 37.3 Å². The first-order valence-corrected chi connectivity index (χ1v) is 15.5. The van der Waals surface area contributed by atoms with Crippen molar-refractivity contribution in [1.29, 1.82) is 0 Å². The summed E-state index contributed by atoms with van der Waals surface area (Å²) < 4.78 is 34.3. The molecule has 9 nitrogen and oxygen atoms in total. The van der Waals surface area contributed by atoms with Gasteiger partial charge in [-0.3, -0.25) is 9.59 Å². The average Bonchev–Trinajstić information content (AvgIpc) is 3.00. The number of amides is 2. The van der Waals surface area contributed by atoms with Crippen LogP contribution in [-0.4, -0.2) is 73.4 Å². The summed E-state index contributed by atoms with van der Waals surface area (Å²) in [5.41, 5.74) is 1.94. The van der Waals surface area contributed by atoms with E-state index in [0.717, 1.165) is 5.56 Å². The van der Waals surface area contributed by atoms with E-state index in [4.69, 9.17) is 16.3 Å². The Kier molecular flexibility index (Phi) is 10.3. The number of fused-ring (bicyclic) bond motifs is 1. The molecule has 0 aliphatic carbocycles. The molecule has 42 heavy (non-hydrogen) atoms. The molecular weight excluding hydrogens is 578 g/mol. The number of hydrogen-bond donors (Lipinski definition) is 2. The average molecular weight is 614 g/mol. The van der Waals surface area contributed by atoms with Crippen LogP contribution in [-0.2, 0) is 32.5 Å². The lowest BCUT2D eigenvalue weighted by atomic mass is 10.0. The predicted molar refractivity (Wildman–Crippen MR) is 162 cm³/mol. The Morgan fingerprint density at radius 2 is 1.83 bits per heavy atom. The fourth-order valence-corrected chi connectivity index (χ4v) is 6.16. The van der Waals surface area contributed by atoms with E-state index < -0.39 is 22.2 Å². The summed E-state index contributed by atoms with van der Waals surface area (Å²) in [6.07, 6.45) is -0.447. The molecule has 4 rings (SSSR count). The van der Waals surface area contributed by atoms with Crippen molar-refractivity contribution in [2.24, 2.45) is 5.92 Å². The summed E-state index contributed by atoms with van der Waals surface area (Å²) in [6.45, 7) is 3.69. The van der Waals surface area contributed by atoms with Gasteiger partial charge in [0.1, 0.15) is 11.9 Å². The summed E-state index contributed by atoms with van der Waals surface area (Å²) >= 11 is 5.95. The summed E-state index contributed by atoms with van der Waals surface area (Å²) in [5, 5.41) is 13.2. The number of hydrogen-bond acceptors (Lipinski definition) is 6. The zero-order valence-electron chi connectivity index (χ0n) is 23.9. The molecular formula is C31H36ClN3O6S. The molecule has 3 aromatic carbocycles. The number of halogens is 1. The van der Waals surface area contributed by atoms with E-state index in [0.29, 0.717) is 22.0 Å². The zero-order chi connectivity index (χ0) is 30.4. The van der Waals surface area contributed by atoms with Crippen molar-refractivity contribution in [3.05, 3.63) is 88.9 Å². The lowest BCUT2D eigenvalue weighted by Gasteiger charge is -2.33. The van der Waals surface area contributed by atoms with Crippen LogP contribution in [0.5, 0.6) is 5.75 Å². The van der Waals surface area contributed by atoms with Crippen LogP contribution in [0, 0.1) is 5.92 Å². The van der Waals surface area contributed by atoms with Gasteiger partial charge in [0, 0.05) is 35.8 Å². The van der Waals surface area contributed by atoms with Gasteiger partial charge in [-0.05, 0) is 55.0 Å². The van der Waals surface area contributed by atoms with Crippen LogP contribution >= 0.6 is 11.6 Å². The Morgan fingerprint density at radius 3 is 2.50 bits per heavy atom. The van der Waals surface area contributed by atoms with Gasteiger partial charge in [0.2, 0.25) is 21.8 Å². The van der Waals surface area contributed by atoms with Crippen LogP contribution in [0.15, 0.2) is 77.7 Å². The van der Waals surface area contributed by atoms with Crippen molar-refractivity contribution in [2.45, 2.75) is 43.7 Å². The number of nitrogens with one attached hydrogen (secondary N) is 1. The number of aliphatic hydroxyl groups excluding tert-OH is 1. The second-order valence-corrected chi connectivity index (χ2v) is 13.1. The third kappa shape index (κ3) is 7.69. The number of aliphatic hydroxyl groups is 1. The van der Waals surface area contributed by atoms with Gasteiger partial charge in [0.25, 0.3) is 0 Å². The Morgan fingerprint density at radius 1 is 1.14 bits per heavy atom. The van der Waals surface area contributed by atoms with Crippen LogP contribution in [0.3, 0.4) is 0 Å². The Balaban J connectivity index is 1.62. The Labute approximate surface area is 252 Å². The van der Waals surface area contributed by atoms with Crippen molar-refractivity contribution in [2.75, 3.05) is 32.1 Å². The summed E-state index contributed by atoms with van der Waals surface area (Å²) in [5.74, 6) is -0.268. The minimum absolute atomic E-state index is 0.0106. The first-order valence-electron chi connectivity index (χ1n) is 13.7. The van der Waals surface area contributed by atoms with Crippen molar-refractivity contribution < 1.29 is 27.9 Å². The van der Waals surface area contributed by atoms with E-state index in [-0.39, 0.29) is 55.2 Å². The predicted octanol–water partition coefficient (Wildman–Crippen LogP) is 3.99. The molecule has 0 saturated carbocycles. The van der Waals surface area contributed by atoms with E-state index in [2.05, 4.69) is 5.32 Å². The SMILES string of the molecule is C[C@H]1CN([C@@H](C)CO)C(=O)Cc2cc(NC(=O)Cc3ccccc3)ccc2O[C@H]1CN(C)S(=O)(=O)c1ccc(Cl)cc1. The third-order valence-corrected chi connectivity index (χ3v) is 9.46. The van der Waals surface area contributed by atoms with Crippen LogP contribution < -0.4 is 10.1 Å². The second-order valence-electron chi connectivity index (χ2n) is 10.7.